The van der Waals surface area contributed by atoms with Crippen LogP contribution in [0.1, 0.15) is 19.3 Å². The number of rotatable bonds is 1. The van der Waals surface area contributed by atoms with Gasteiger partial charge in [-0.15, -0.1) is 6.42 Å². The topological polar surface area (TPSA) is 41.1 Å². The second-order valence-corrected chi connectivity index (χ2v) is 3.00. The van der Waals surface area contributed by atoms with Crippen molar-refractivity contribution in [3.8, 4) is 12.3 Å². The summed E-state index contributed by atoms with van der Waals surface area (Å²) in [7, 11) is 0. The van der Waals surface area contributed by atoms with E-state index in [1.807, 2.05) is 0 Å². The molecule has 1 heterocycles. The lowest BCUT2D eigenvalue weighted by Crippen LogP contribution is -2.34. The first-order valence-electron chi connectivity index (χ1n) is 4.31. The Hall–Kier alpha value is -1.01. The molecule has 0 aromatic carbocycles. The quantitative estimate of drug-likeness (QED) is 0.533. The molecule has 1 unspecified atom stereocenters. The molecule has 1 fully saturated rings. The first-order valence-corrected chi connectivity index (χ1v) is 4.31. The fraction of sp³-hybridized carbons (Fsp3) is 0.667. The molecule has 1 atom stereocenters. The predicted octanol–water partition coefficient (Wildman–Crippen LogP) is -0.122. The molecule has 1 rings (SSSR count). The molecule has 0 spiro atoms. The molecule has 0 bridgehead atoms. The van der Waals surface area contributed by atoms with E-state index in [0.29, 0.717) is 0 Å². The Balaban J connectivity index is 2.30. The molecule has 0 aliphatic carbocycles. The molecule has 3 nitrogen and oxygen atoms in total. The molecule has 1 aliphatic rings. The molecule has 2 N–H and O–H groups in total. The van der Waals surface area contributed by atoms with Crippen LogP contribution in [0, 0.1) is 12.3 Å². The molecule has 66 valence electrons. The van der Waals surface area contributed by atoms with E-state index < -0.39 is 0 Å². The van der Waals surface area contributed by atoms with E-state index >= 15 is 0 Å². The van der Waals surface area contributed by atoms with Crippen molar-refractivity contribution in [2.75, 3.05) is 13.1 Å². The van der Waals surface area contributed by atoms with Crippen LogP contribution in [0.25, 0.3) is 0 Å². The summed E-state index contributed by atoms with van der Waals surface area (Å²) < 4.78 is 0. The van der Waals surface area contributed by atoms with Gasteiger partial charge < -0.3 is 10.6 Å². The van der Waals surface area contributed by atoms with Crippen LogP contribution in [0.3, 0.4) is 0 Å². The second-order valence-electron chi connectivity index (χ2n) is 3.00. The summed E-state index contributed by atoms with van der Waals surface area (Å²) in [6.07, 6.45) is 8.07. The van der Waals surface area contributed by atoms with Gasteiger partial charge in [-0.1, -0.05) is 0 Å². The van der Waals surface area contributed by atoms with Gasteiger partial charge in [0.05, 0.1) is 0 Å². The highest BCUT2D eigenvalue weighted by molar-refractivity contribution is 5.92. The van der Waals surface area contributed by atoms with Crippen molar-refractivity contribution >= 4 is 5.91 Å². The zero-order valence-electron chi connectivity index (χ0n) is 7.10. The average Bonchev–Trinajstić information content (AvgIpc) is 2.33. The van der Waals surface area contributed by atoms with Crippen LogP contribution in [0.5, 0.6) is 0 Å². The van der Waals surface area contributed by atoms with Crippen LogP contribution in [0.2, 0.25) is 0 Å². The third-order valence-corrected chi connectivity index (χ3v) is 2.04. The molecule has 0 aromatic rings. The van der Waals surface area contributed by atoms with Crippen LogP contribution < -0.4 is 10.6 Å². The average molecular weight is 166 g/mol. The van der Waals surface area contributed by atoms with Crippen molar-refractivity contribution in [2.45, 2.75) is 25.3 Å². The van der Waals surface area contributed by atoms with Gasteiger partial charge in [0, 0.05) is 6.04 Å². The Morgan fingerprint density at radius 2 is 2.33 bits per heavy atom. The minimum atomic E-state index is -0.290. The monoisotopic (exact) mass is 166 g/mol. The van der Waals surface area contributed by atoms with Gasteiger partial charge in [-0.2, -0.15) is 0 Å². The molecule has 1 aliphatic heterocycles. The molecule has 1 amide bonds. The van der Waals surface area contributed by atoms with Gasteiger partial charge in [0.2, 0.25) is 0 Å². The van der Waals surface area contributed by atoms with Crippen molar-refractivity contribution in [3.05, 3.63) is 0 Å². The SMILES string of the molecule is C#CC(=O)NC1CCCNCC1. The molecule has 1 saturated heterocycles. The Kier molecular flexibility index (Phi) is 3.62. The number of carbonyl (C=O) groups is 1. The first kappa shape index (κ1) is 9.08. The molecule has 12 heavy (non-hydrogen) atoms. The summed E-state index contributed by atoms with van der Waals surface area (Å²) in [4.78, 5) is 10.8. The zero-order valence-corrected chi connectivity index (χ0v) is 7.10. The highest BCUT2D eigenvalue weighted by atomic mass is 16.1. The fourth-order valence-corrected chi connectivity index (χ4v) is 1.39. The Morgan fingerprint density at radius 1 is 1.50 bits per heavy atom. The number of hydrogen-bond acceptors (Lipinski definition) is 2. The Labute approximate surface area is 72.9 Å². The van der Waals surface area contributed by atoms with E-state index in [0.717, 1.165) is 32.4 Å². The predicted molar refractivity (Wildman–Crippen MR) is 47.5 cm³/mol. The van der Waals surface area contributed by atoms with Crippen molar-refractivity contribution < 1.29 is 4.79 Å². The molecular formula is C9H14N2O. The Bertz CT molecular complexity index is 187. The molecule has 0 radical (unpaired) electrons. The Morgan fingerprint density at radius 3 is 3.08 bits per heavy atom. The van der Waals surface area contributed by atoms with Crippen molar-refractivity contribution in [3.63, 3.8) is 0 Å². The van der Waals surface area contributed by atoms with Gasteiger partial charge in [0.25, 0.3) is 5.91 Å². The second kappa shape index (κ2) is 4.78. The largest absolute Gasteiger partial charge is 0.342 e. The lowest BCUT2D eigenvalue weighted by Gasteiger charge is -2.12. The summed E-state index contributed by atoms with van der Waals surface area (Å²) in [5, 5.41) is 6.06. The summed E-state index contributed by atoms with van der Waals surface area (Å²) in [6.45, 7) is 2.01. The van der Waals surface area contributed by atoms with Gasteiger partial charge in [-0.25, -0.2) is 0 Å². The van der Waals surface area contributed by atoms with Crippen LogP contribution in [0.15, 0.2) is 0 Å². The smallest absolute Gasteiger partial charge is 0.295 e. The number of nitrogens with one attached hydrogen (secondary N) is 2. The van der Waals surface area contributed by atoms with E-state index in [9.17, 15) is 4.79 Å². The zero-order chi connectivity index (χ0) is 8.81. The van der Waals surface area contributed by atoms with E-state index in [2.05, 4.69) is 16.6 Å². The van der Waals surface area contributed by atoms with Crippen molar-refractivity contribution in [1.82, 2.24) is 10.6 Å². The highest BCUT2D eigenvalue weighted by Crippen LogP contribution is 2.04. The van der Waals surface area contributed by atoms with E-state index in [1.54, 1.807) is 0 Å². The molecule has 0 aromatic heterocycles. The van der Waals surface area contributed by atoms with Gasteiger partial charge >= 0.3 is 0 Å². The lowest BCUT2D eigenvalue weighted by atomic mass is 10.1. The van der Waals surface area contributed by atoms with E-state index in [4.69, 9.17) is 6.42 Å². The standard InChI is InChI=1S/C9H14N2O/c1-2-9(12)11-8-4-3-6-10-7-5-8/h1,8,10H,3-7H2,(H,11,12). The third-order valence-electron chi connectivity index (χ3n) is 2.04. The minimum absolute atomic E-state index is 0.267. The van der Waals surface area contributed by atoms with Crippen molar-refractivity contribution in [2.24, 2.45) is 0 Å². The van der Waals surface area contributed by atoms with Gasteiger partial charge in [0.15, 0.2) is 0 Å². The maximum Gasteiger partial charge on any atom is 0.295 e. The number of amides is 1. The third kappa shape index (κ3) is 2.93. The van der Waals surface area contributed by atoms with Crippen molar-refractivity contribution in [1.29, 1.82) is 0 Å². The molecule has 0 saturated carbocycles. The number of carbonyl (C=O) groups excluding carboxylic acids is 1. The fourth-order valence-electron chi connectivity index (χ4n) is 1.39. The summed E-state index contributed by atoms with van der Waals surface area (Å²) in [5.41, 5.74) is 0. The van der Waals surface area contributed by atoms with E-state index in [-0.39, 0.29) is 11.9 Å². The first-order chi connectivity index (χ1) is 5.83. The lowest BCUT2D eigenvalue weighted by molar-refractivity contribution is -0.116. The number of terminal acetylenes is 1. The van der Waals surface area contributed by atoms with Crippen LogP contribution >= 0.6 is 0 Å². The van der Waals surface area contributed by atoms with Gasteiger partial charge in [0.1, 0.15) is 0 Å². The molecular weight excluding hydrogens is 152 g/mol. The van der Waals surface area contributed by atoms with Gasteiger partial charge in [-0.3, -0.25) is 4.79 Å². The minimum Gasteiger partial charge on any atom is -0.342 e. The van der Waals surface area contributed by atoms with Crippen LogP contribution in [-0.2, 0) is 4.79 Å². The molecule has 3 heteroatoms. The summed E-state index contributed by atoms with van der Waals surface area (Å²) >= 11 is 0. The van der Waals surface area contributed by atoms with Gasteiger partial charge in [-0.05, 0) is 38.3 Å². The summed E-state index contributed by atoms with van der Waals surface area (Å²) in [6, 6.07) is 0.267. The van der Waals surface area contributed by atoms with Crippen LogP contribution in [-0.4, -0.2) is 25.0 Å². The van der Waals surface area contributed by atoms with E-state index in [1.165, 1.54) is 0 Å². The summed E-state index contributed by atoms with van der Waals surface area (Å²) in [5.74, 6) is 1.77. The maximum atomic E-state index is 10.8. The normalized spacial score (nSPS) is 23.8. The maximum absolute atomic E-state index is 10.8. The van der Waals surface area contributed by atoms with Crippen LogP contribution in [0.4, 0.5) is 0 Å². The highest BCUT2D eigenvalue weighted by Gasteiger charge is 2.12. The number of hydrogen-bond donors (Lipinski definition) is 2.